The molecule has 0 aromatic heterocycles. The van der Waals surface area contributed by atoms with E-state index in [-0.39, 0.29) is 11.8 Å². The van der Waals surface area contributed by atoms with Crippen molar-refractivity contribution in [2.24, 2.45) is 0 Å². The van der Waals surface area contributed by atoms with E-state index in [1.54, 1.807) is 30.3 Å². The Balaban J connectivity index is 2.16. The molecule has 2 aromatic carbocycles. The smallest absolute Gasteiger partial charge is 0.121 e. The van der Waals surface area contributed by atoms with Crippen molar-refractivity contribution in [3.05, 3.63) is 53.6 Å². The summed E-state index contributed by atoms with van der Waals surface area (Å²) in [5, 5.41) is 22.4. The van der Waals surface area contributed by atoms with Crippen LogP contribution in [0.4, 0.5) is 5.69 Å². The predicted molar refractivity (Wildman–Crippen MR) is 73.0 cm³/mol. The molecule has 3 heteroatoms. The summed E-state index contributed by atoms with van der Waals surface area (Å²) in [6.45, 7) is 3.93. The Labute approximate surface area is 107 Å². The lowest BCUT2D eigenvalue weighted by molar-refractivity contribution is 0.465. The summed E-state index contributed by atoms with van der Waals surface area (Å²) < 4.78 is 0. The highest BCUT2D eigenvalue weighted by atomic mass is 16.3. The summed E-state index contributed by atoms with van der Waals surface area (Å²) in [4.78, 5) is 0. The van der Waals surface area contributed by atoms with Crippen LogP contribution in [0.5, 0.6) is 11.5 Å². The van der Waals surface area contributed by atoms with Crippen molar-refractivity contribution in [3.8, 4) is 11.5 Å². The molecule has 3 nitrogen and oxygen atoms in total. The number of nitrogens with one attached hydrogen (secondary N) is 1. The third kappa shape index (κ3) is 2.74. The molecule has 0 saturated carbocycles. The maximum atomic E-state index is 9.90. The van der Waals surface area contributed by atoms with Crippen molar-refractivity contribution < 1.29 is 10.2 Å². The molecule has 0 amide bonds. The SMILES string of the molecule is Cc1ccc(C(C)Nc2ccc(O)cc2)c(O)c1. The Morgan fingerprint density at radius 1 is 1.00 bits per heavy atom. The standard InChI is InChI=1S/C15H17NO2/c1-10-3-8-14(15(18)9-10)11(2)16-12-4-6-13(17)7-5-12/h3-9,11,16-18H,1-2H3. The monoisotopic (exact) mass is 243 g/mol. The van der Waals surface area contributed by atoms with Crippen molar-refractivity contribution in [3.63, 3.8) is 0 Å². The molecule has 18 heavy (non-hydrogen) atoms. The number of phenolic OH excluding ortho intramolecular Hbond substituents is 2. The number of aromatic hydroxyl groups is 2. The van der Waals surface area contributed by atoms with Crippen molar-refractivity contribution in [2.75, 3.05) is 5.32 Å². The molecule has 0 heterocycles. The van der Waals surface area contributed by atoms with Gasteiger partial charge in [0, 0.05) is 11.3 Å². The van der Waals surface area contributed by atoms with Crippen LogP contribution in [-0.4, -0.2) is 10.2 Å². The molecule has 0 saturated heterocycles. The second kappa shape index (κ2) is 5.00. The number of anilines is 1. The van der Waals surface area contributed by atoms with Crippen molar-refractivity contribution in [1.29, 1.82) is 0 Å². The number of hydrogen-bond acceptors (Lipinski definition) is 3. The van der Waals surface area contributed by atoms with E-state index in [0.29, 0.717) is 5.75 Å². The fourth-order valence-corrected chi connectivity index (χ4v) is 1.91. The minimum absolute atomic E-state index is 0.00450. The Morgan fingerprint density at radius 3 is 2.28 bits per heavy atom. The molecule has 0 aliphatic rings. The van der Waals surface area contributed by atoms with Gasteiger partial charge in [-0.25, -0.2) is 0 Å². The van der Waals surface area contributed by atoms with Crippen molar-refractivity contribution in [1.82, 2.24) is 0 Å². The van der Waals surface area contributed by atoms with Gasteiger partial charge in [-0.1, -0.05) is 12.1 Å². The first-order valence-electron chi connectivity index (χ1n) is 5.91. The Hall–Kier alpha value is -2.16. The van der Waals surface area contributed by atoms with Crippen LogP contribution in [0.2, 0.25) is 0 Å². The van der Waals surface area contributed by atoms with Gasteiger partial charge in [-0.15, -0.1) is 0 Å². The number of rotatable bonds is 3. The first-order chi connectivity index (χ1) is 8.56. The zero-order chi connectivity index (χ0) is 13.1. The summed E-state index contributed by atoms with van der Waals surface area (Å²) >= 11 is 0. The quantitative estimate of drug-likeness (QED) is 0.722. The van der Waals surface area contributed by atoms with Crippen LogP contribution in [0, 0.1) is 6.92 Å². The van der Waals surface area contributed by atoms with E-state index < -0.39 is 0 Å². The number of benzene rings is 2. The molecule has 0 bridgehead atoms. The van der Waals surface area contributed by atoms with Gasteiger partial charge in [0.25, 0.3) is 0 Å². The van der Waals surface area contributed by atoms with E-state index in [4.69, 9.17) is 0 Å². The van der Waals surface area contributed by atoms with Crippen LogP contribution in [0.15, 0.2) is 42.5 Å². The Morgan fingerprint density at radius 2 is 1.67 bits per heavy atom. The lowest BCUT2D eigenvalue weighted by Gasteiger charge is -2.17. The van der Waals surface area contributed by atoms with Crippen LogP contribution in [0.25, 0.3) is 0 Å². The van der Waals surface area contributed by atoms with Gasteiger partial charge < -0.3 is 15.5 Å². The molecule has 0 spiro atoms. The van der Waals surface area contributed by atoms with E-state index in [9.17, 15) is 10.2 Å². The molecule has 3 N–H and O–H groups in total. The van der Waals surface area contributed by atoms with Crippen molar-refractivity contribution in [2.45, 2.75) is 19.9 Å². The first kappa shape index (κ1) is 12.3. The van der Waals surface area contributed by atoms with Gasteiger partial charge in [0.15, 0.2) is 0 Å². The topological polar surface area (TPSA) is 52.5 Å². The van der Waals surface area contributed by atoms with E-state index in [1.807, 2.05) is 26.0 Å². The zero-order valence-corrected chi connectivity index (χ0v) is 10.5. The zero-order valence-electron chi connectivity index (χ0n) is 10.5. The molecule has 0 aliphatic heterocycles. The van der Waals surface area contributed by atoms with Gasteiger partial charge in [0.1, 0.15) is 11.5 Å². The fourth-order valence-electron chi connectivity index (χ4n) is 1.91. The minimum atomic E-state index is -0.00450. The normalized spacial score (nSPS) is 12.1. The van der Waals surface area contributed by atoms with E-state index in [2.05, 4.69) is 5.32 Å². The molecular formula is C15H17NO2. The van der Waals surface area contributed by atoms with Crippen LogP contribution < -0.4 is 5.32 Å². The molecular weight excluding hydrogens is 226 g/mol. The van der Waals surface area contributed by atoms with Crippen LogP contribution in [-0.2, 0) is 0 Å². The number of phenols is 2. The third-order valence-electron chi connectivity index (χ3n) is 2.90. The van der Waals surface area contributed by atoms with Gasteiger partial charge in [-0.05, 0) is 49.7 Å². The highest BCUT2D eigenvalue weighted by Gasteiger charge is 2.10. The highest BCUT2D eigenvalue weighted by molar-refractivity contribution is 5.49. The Kier molecular flexibility index (Phi) is 3.42. The number of aryl methyl sites for hydroxylation is 1. The molecule has 2 aromatic rings. The maximum Gasteiger partial charge on any atom is 0.121 e. The Bertz CT molecular complexity index is 535. The molecule has 0 radical (unpaired) electrons. The average Bonchev–Trinajstić information content (AvgIpc) is 2.32. The second-order valence-electron chi connectivity index (χ2n) is 4.48. The summed E-state index contributed by atoms with van der Waals surface area (Å²) in [7, 11) is 0. The fraction of sp³-hybridized carbons (Fsp3) is 0.200. The summed E-state index contributed by atoms with van der Waals surface area (Å²) in [5.41, 5.74) is 2.79. The molecule has 1 atom stereocenters. The molecule has 0 fully saturated rings. The third-order valence-corrected chi connectivity index (χ3v) is 2.90. The van der Waals surface area contributed by atoms with Gasteiger partial charge in [0.2, 0.25) is 0 Å². The lowest BCUT2D eigenvalue weighted by atomic mass is 10.0. The van der Waals surface area contributed by atoms with Crippen LogP contribution in [0.3, 0.4) is 0 Å². The number of hydrogen-bond donors (Lipinski definition) is 3. The van der Waals surface area contributed by atoms with Gasteiger partial charge >= 0.3 is 0 Å². The van der Waals surface area contributed by atoms with E-state index in [0.717, 1.165) is 16.8 Å². The molecule has 2 rings (SSSR count). The molecule has 0 aliphatic carbocycles. The summed E-state index contributed by atoms with van der Waals surface area (Å²) in [6.07, 6.45) is 0. The van der Waals surface area contributed by atoms with E-state index in [1.165, 1.54) is 0 Å². The maximum absolute atomic E-state index is 9.90. The first-order valence-corrected chi connectivity index (χ1v) is 5.91. The molecule has 1 unspecified atom stereocenters. The van der Waals surface area contributed by atoms with Gasteiger partial charge in [-0.2, -0.15) is 0 Å². The van der Waals surface area contributed by atoms with Crippen LogP contribution in [0.1, 0.15) is 24.1 Å². The summed E-state index contributed by atoms with van der Waals surface area (Å²) in [5.74, 6) is 0.542. The van der Waals surface area contributed by atoms with Gasteiger partial charge in [-0.3, -0.25) is 0 Å². The van der Waals surface area contributed by atoms with E-state index >= 15 is 0 Å². The van der Waals surface area contributed by atoms with Crippen LogP contribution >= 0.6 is 0 Å². The minimum Gasteiger partial charge on any atom is -0.508 e. The highest BCUT2D eigenvalue weighted by Crippen LogP contribution is 2.28. The predicted octanol–water partition coefficient (Wildman–Crippen LogP) is 3.58. The lowest BCUT2D eigenvalue weighted by Crippen LogP contribution is -2.06. The second-order valence-corrected chi connectivity index (χ2v) is 4.48. The molecule has 94 valence electrons. The summed E-state index contributed by atoms with van der Waals surface area (Å²) in [6, 6.07) is 12.5. The van der Waals surface area contributed by atoms with Crippen molar-refractivity contribution >= 4 is 5.69 Å². The van der Waals surface area contributed by atoms with Gasteiger partial charge in [0.05, 0.1) is 6.04 Å². The largest absolute Gasteiger partial charge is 0.508 e. The average molecular weight is 243 g/mol.